The van der Waals surface area contributed by atoms with Crippen LogP contribution in [0.4, 0.5) is 13.2 Å². The largest absolute Gasteiger partial charge is 0.494 e. The summed E-state index contributed by atoms with van der Waals surface area (Å²) in [4.78, 5) is 0. The lowest BCUT2D eigenvalue weighted by molar-refractivity contribution is 0.385. The highest BCUT2D eigenvalue weighted by Crippen LogP contribution is 2.30. The third kappa shape index (κ3) is 3.22. The molecule has 0 radical (unpaired) electrons. The number of ether oxygens (including phenoxy) is 1. The van der Waals surface area contributed by atoms with Gasteiger partial charge in [-0.15, -0.1) is 0 Å². The van der Waals surface area contributed by atoms with E-state index in [1.54, 1.807) is 7.05 Å². The molecule has 2 aromatic rings. The maximum absolute atomic E-state index is 14.1. The number of hydrogen-bond donors (Lipinski definition) is 1. The summed E-state index contributed by atoms with van der Waals surface area (Å²) in [5.74, 6) is -1.60. The lowest BCUT2D eigenvalue weighted by Gasteiger charge is -2.19. The van der Waals surface area contributed by atoms with Crippen molar-refractivity contribution in [3.05, 3.63) is 63.4 Å². The highest BCUT2D eigenvalue weighted by Gasteiger charge is 2.20. The fraction of sp³-hybridized carbons (Fsp3) is 0.200. The predicted octanol–water partition coefficient (Wildman–Crippen LogP) is 4.18. The zero-order valence-corrected chi connectivity index (χ0v) is 13.0. The minimum absolute atomic E-state index is 0.0470. The molecular formula is C15H13BrF3NO. The molecular weight excluding hydrogens is 347 g/mol. The van der Waals surface area contributed by atoms with Crippen molar-refractivity contribution < 1.29 is 17.9 Å². The number of methoxy groups -OCH3 is 1. The normalized spacial score (nSPS) is 12.3. The maximum atomic E-state index is 14.1. The lowest BCUT2D eigenvalue weighted by atomic mass is 9.98. The highest BCUT2D eigenvalue weighted by molar-refractivity contribution is 9.10. The van der Waals surface area contributed by atoms with Crippen LogP contribution in [0.2, 0.25) is 0 Å². The van der Waals surface area contributed by atoms with Gasteiger partial charge >= 0.3 is 0 Å². The molecule has 2 rings (SSSR count). The number of halogens is 4. The molecule has 21 heavy (non-hydrogen) atoms. The summed E-state index contributed by atoms with van der Waals surface area (Å²) in [6.45, 7) is 0. The maximum Gasteiger partial charge on any atom is 0.165 e. The molecule has 1 atom stereocenters. The van der Waals surface area contributed by atoms with Gasteiger partial charge in [0.15, 0.2) is 11.6 Å². The van der Waals surface area contributed by atoms with Crippen LogP contribution in [0.3, 0.4) is 0 Å². The van der Waals surface area contributed by atoms with Crippen LogP contribution < -0.4 is 10.1 Å². The van der Waals surface area contributed by atoms with E-state index in [4.69, 9.17) is 4.74 Å². The second-order valence-corrected chi connectivity index (χ2v) is 5.26. The van der Waals surface area contributed by atoms with E-state index in [1.807, 2.05) is 0 Å². The molecule has 112 valence electrons. The molecule has 0 aliphatic heterocycles. The van der Waals surface area contributed by atoms with E-state index in [0.717, 1.165) is 12.1 Å². The average Bonchev–Trinajstić information content (AvgIpc) is 2.46. The van der Waals surface area contributed by atoms with Crippen LogP contribution in [-0.2, 0) is 0 Å². The average molecular weight is 360 g/mol. The van der Waals surface area contributed by atoms with Crippen molar-refractivity contribution in [1.29, 1.82) is 0 Å². The van der Waals surface area contributed by atoms with Crippen LogP contribution in [-0.4, -0.2) is 14.2 Å². The van der Waals surface area contributed by atoms with Crippen LogP contribution in [0.25, 0.3) is 0 Å². The number of benzene rings is 2. The summed E-state index contributed by atoms with van der Waals surface area (Å²) >= 11 is 2.93. The summed E-state index contributed by atoms with van der Waals surface area (Å²) in [6.07, 6.45) is 0. The van der Waals surface area contributed by atoms with E-state index >= 15 is 0 Å². The van der Waals surface area contributed by atoms with Crippen LogP contribution in [0, 0.1) is 17.5 Å². The van der Waals surface area contributed by atoms with Gasteiger partial charge in [-0.2, -0.15) is 0 Å². The van der Waals surface area contributed by atoms with E-state index in [2.05, 4.69) is 21.2 Å². The van der Waals surface area contributed by atoms with Crippen molar-refractivity contribution in [3.8, 4) is 5.75 Å². The van der Waals surface area contributed by atoms with Gasteiger partial charge in [0.25, 0.3) is 0 Å². The molecule has 1 N–H and O–H groups in total. The second kappa shape index (κ2) is 6.49. The van der Waals surface area contributed by atoms with E-state index in [9.17, 15) is 13.2 Å². The Bertz CT molecular complexity index is 664. The summed E-state index contributed by atoms with van der Waals surface area (Å²) in [6, 6.07) is 5.73. The molecule has 0 bridgehead atoms. The van der Waals surface area contributed by atoms with Gasteiger partial charge in [-0.25, -0.2) is 13.2 Å². The number of nitrogens with one attached hydrogen (secondary N) is 1. The fourth-order valence-electron chi connectivity index (χ4n) is 2.12. The molecule has 0 fully saturated rings. The van der Waals surface area contributed by atoms with Gasteiger partial charge in [0.1, 0.15) is 11.6 Å². The molecule has 0 heterocycles. The van der Waals surface area contributed by atoms with Crippen molar-refractivity contribution >= 4 is 15.9 Å². The zero-order chi connectivity index (χ0) is 15.6. The predicted molar refractivity (Wildman–Crippen MR) is 77.9 cm³/mol. The number of hydrogen-bond acceptors (Lipinski definition) is 2. The molecule has 0 aliphatic carbocycles. The molecule has 0 aromatic heterocycles. The van der Waals surface area contributed by atoms with Crippen LogP contribution in [0.1, 0.15) is 17.2 Å². The summed E-state index contributed by atoms with van der Waals surface area (Å²) < 4.78 is 46.1. The van der Waals surface area contributed by atoms with Gasteiger partial charge in [0.05, 0.1) is 17.6 Å². The van der Waals surface area contributed by atoms with Gasteiger partial charge in [-0.05, 0) is 52.8 Å². The first-order valence-corrected chi connectivity index (χ1v) is 6.92. The van der Waals surface area contributed by atoms with E-state index in [-0.39, 0.29) is 15.8 Å². The van der Waals surface area contributed by atoms with Crippen LogP contribution >= 0.6 is 15.9 Å². The quantitative estimate of drug-likeness (QED) is 0.826. The first-order valence-electron chi connectivity index (χ1n) is 6.13. The molecule has 0 amide bonds. The van der Waals surface area contributed by atoms with E-state index in [1.165, 1.54) is 25.3 Å². The minimum atomic E-state index is -0.623. The van der Waals surface area contributed by atoms with Crippen molar-refractivity contribution in [2.24, 2.45) is 0 Å². The van der Waals surface area contributed by atoms with Gasteiger partial charge in [0.2, 0.25) is 0 Å². The third-order valence-corrected chi connectivity index (χ3v) is 3.76. The molecule has 0 saturated heterocycles. The Balaban J connectivity index is 2.52. The molecule has 2 nitrogen and oxygen atoms in total. The monoisotopic (exact) mass is 359 g/mol. The molecule has 0 saturated carbocycles. The highest BCUT2D eigenvalue weighted by atomic mass is 79.9. The Morgan fingerprint density at radius 2 is 1.76 bits per heavy atom. The van der Waals surface area contributed by atoms with Crippen molar-refractivity contribution in [2.45, 2.75) is 6.04 Å². The topological polar surface area (TPSA) is 21.3 Å². The first-order chi connectivity index (χ1) is 9.97. The summed E-state index contributed by atoms with van der Waals surface area (Å²) in [5, 5.41) is 2.89. The van der Waals surface area contributed by atoms with Crippen LogP contribution in [0.15, 0.2) is 34.8 Å². The summed E-state index contributed by atoms with van der Waals surface area (Å²) in [5.41, 5.74) is 0.697. The standard InChI is InChI=1S/C15H13BrF3NO/c1-20-15(8-3-4-11(17)14(5-8)21-2)9-6-13(19)10(16)7-12(9)18/h3-7,15,20H,1-2H3. The number of rotatable bonds is 4. The first kappa shape index (κ1) is 15.9. The molecule has 2 aromatic carbocycles. The second-order valence-electron chi connectivity index (χ2n) is 4.40. The molecule has 0 aliphatic rings. The van der Waals surface area contributed by atoms with Crippen molar-refractivity contribution in [1.82, 2.24) is 5.32 Å². The Labute approximate surface area is 129 Å². The Morgan fingerprint density at radius 1 is 1.05 bits per heavy atom. The van der Waals surface area contributed by atoms with Gasteiger partial charge < -0.3 is 10.1 Å². The van der Waals surface area contributed by atoms with Gasteiger partial charge in [-0.3, -0.25) is 0 Å². The van der Waals surface area contributed by atoms with Crippen LogP contribution in [0.5, 0.6) is 5.75 Å². The SMILES string of the molecule is CNC(c1ccc(F)c(OC)c1)c1cc(F)c(Br)cc1F. The zero-order valence-electron chi connectivity index (χ0n) is 11.4. The molecule has 0 spiro atoms. The molecule has 6 heteroatoms. The van der Waals surface area contributed by atoms with Gasteiger partial charge in [-0.1, -0.05) is 6.07 Å². The minimum Gasteiger partial charge on any atom is -0.494 e. The van der Waals surface area contributed by atoms with Crippen molar-refractivity contribution in [2.75, 3.05) is 14.2 Å². The summed E-state index contributed by atoms with van der Waals surface area (Å²) in [7, 11) is 2.95. The van der Waals surface area contributed by atoms with Crippen molar-refractivity contribution in [3.63, 3.8) is 0 Å². The van der Waals surface area contributed by atoms with E-state index < -0.39 is 23.5 Å². The Kier molecular flexibility index (Phi) is 4.90. The fourth-order valence-corrected chi connectivity index (χ4v) is 2.43. The smallest absolute Gasteiger partial charge is 0.165 e. The Morgan fingerprint density at radius 3 is 2.38 bits per heavy atom. The van der Waals surface area contributed by atoms with E-state index in [0.29, 0.717) is 5.56 Å². The Hall–Kier alpha value is -1.53. The molecule has 1 unspecified atom stereocenters. The third-order valence-electron chi connectivity index (χ3n) is 3.15. The van der Waals surface area contributed by atoms with Gasteiger partial charge in [0, 0.05) is 5.56 Å². The lowest BCUT2D eigenvalue weighted by Crippen LogP contribution is -2.19.